The molecule has 1 aliphatic carbocycles. The van der Waals surface area contributed by atoms with E-state index in [1.807, 2.05) is 0 Å². The number of carboxylic acid groups (broad SMARTS) is 1. The van der Waals surface area contributed by atoms with Gasteiger partial charge in [-0.3, -0.25) is 9.69 Å². The minimum Gasteiger partial charge on any atom is -0.480 e. The maximum atomic E-state index is 11.8. The molecule has 98 valence electrons. The van der Waals surface area contributed by atoms with Crippen LogP contribution < -0.4 is 0 Å². The maximum absolute atomic E-state index is 11.8. The van der Waals surface area contributed by atoms with Gasteiger partial charge in [0.25, 0.3) is 0 Å². The van der Waals surface area contributed by atoms with Crippen LogP contribution in [0.1, 0.15) is 64.7 Å². The lowest BCUT2D eigenvalue weighted by atomic mass is 9.82. The lowest BCUT2D eigenvalue weighted by Crippen LogP contribution is -2.56. The van der Waals surface area contributed by atoms with Crippen LogP contribution in [0, 0.1) is 0 Å². The summed E-state index contributed by atoms with van der Waals surface area (Å²) in [6.45, 7) is 3.17. The molecule has 1 unspecified atom stereocenters. The summed E-state index contributed by atoms with van der Waals surface area (Å²) in [6.07, 6.45) is 9.88. The molecule has 2 rings (SSSR count). The Morgan fingerprint density at radius 3 is 2.18 bits per heavy atom. The summed E-state index contributed by atoms with van der Waals surface area (Å²) in [5, 5.41) is 9.74. The van der Waals surface area contributed by atoms with Gasteiger partial charge in [-0.25, -0.2) is 0 Å². The maximum Gasteiger partial charge on any atom is 0.324 e. The van der Waals surface area contributed by atoms with Crippen LogP contribution in [0.15, 0.2) is 0 Å². The molecule has 1 saturated heterocycles. The van der Waals surface area contributed by atoms with Gasteiger partial charge in [0.05, 0.1) is 0 Å². The second-order valence-electron chi connectivity index (χ2n) is 5.79. The molecule has 0 radical (unpaired) electrons. The van der Waals surface area contributed by atoms with Crippen LogP contribution in [0.5, 0.6) is 0 Å². The fraction of sp³-hybridized carbons (Fsp3) is 0.929. The van der Waals surface area contributed by atoms with Gasteiger partial charge in [0.1, 0.15) is 5.54 Å². The minimum atomic E-state index is -0.576. The molecule has 3 nitrogen and oxygen atoms in total. The summed E-state index contributed by atoms with van der Waals surface area (Å²) in [7, 11) is 0. The number of hydrogen-bond acceptors (Lipinski definition) is 2. The van der Waals surface area contributed by atoms with E-state index >= 15 is 0 Å². The van der Waals surface area contributed by atoms with Crippen molar-refractivity contribution in [3.05, 3.63) is 0 Å². The Morgan fingerprint density at radius 1 is 1.12 bits per heavy atom. The summed E-state index contributed by atoms with van der Waals surface area (Å²) in [4.78, 5) is 14.1. The Kier molecular flexibility index (Phi) is 4.08. The van der Waals surface area contributed by atoms with Crippen LogP contribution in [0.25, 0.3) is 0 Å². The zero-order valence-electron chi connectivity index (χ0n) is 11.0. The lowest BCUT2D eigenvalue weighted by molar-refractivity contribution is -0.154. The number of rotatable bonds is 2. The van der Waals surface area contributed by atoms with Gasteiger partial charge in [0, 0.05) is 6.04 Å². The molecular formula is C14H25NO2. The molecule has 1 heterocycles. The highest BCUT2D eigenvalue weighted by Crippen LogP contribution is 2.37. The first-order chi connectivity index (χ1) is 8.17. The van der Waals surface area contributed by atoms with Gasteiger partial charge in [-0.05, 0) is 39.2 Å². The van der Waals surface area contributed by atoms with Crippen LogP contribution in [0.2, 0.25) is 0 Å². The molecule has 2 aliphatic rings. The average molecular weight is 239 g/mol. The number of likely N-dealkylation sites (tertiary alicyclic amines) is 1. The van der Waals surface area contributed by atoms with Crippen LogP contribution in [-0.2, 0) is 4.79 Å². The van der Waals surface area contributed by atoms with Crippen molar-refractivity contribution >= 4 is 5.97 Å². The fourth-order valence-corrected chi connectivity index (χ4v) is 3.68. The first-order valence-electron chi connectivity index (χ1n) is 7.17. The van der Waals surface area contributed by atoms with E-state index in [4.69, 9.17) is 0 Å². The Balaban J connectivity index is 2.19. The monoisotopic (exact) mass is 239 g/mol. The predicted octanol–water partition coefficient (Wildman–Crippen LogP) is 3.04. The summed E-state index contributed by atoms with van der Waals surface area (Å²) in [6, 6.07) is 0.450. The third-order valence-electron chi connectivity index (χ3n) is 4.68. The second-order valence-corrected chi connectivity index (χ2v) is 5.79. The van der Waals surface area contributed by atoms with E-state index in [0.717, 1.165) is 45.1 Å². The number of hydrogen-bond donors (Lipinski definition) is 1. The van der Waals surface area contributed by atoms with E-state index in [-0.39, 0.29) is 0 Å². The average Bonchev–Trinajstić information content (AvgIpc) is 2.65. The summed E-state index contributed by atoms with van der Waals surface area (Å²) < 4.78 is 0. The van der Waals surface area contributed by atoms with Crippen molar-refractivity contribution in [1.29, 1.82) is 0 Å². The van der Waals surface area contributed by atoms with Gasteiger partial charge in [-0.1, -0.05) is 32.1 Å². The molecule has 2 fully saturated rings. The fourth-order valence-electron chi connectivity index (χ4n) is 3.68. The van der Waals surface area contributed by atoms with E-state index in [9.17, 15) is 9.90 Å². The van der Waals surface area contributed by atoms with Gasteiger partial charge < -0.3 is 5.11 Å². The number of carboxylic acids is 1. The first-order valence-corrected chi connectivity index (χ1v) is 7.17. The van der Waals surface area contributed by atoms with Gasteiger partial charge >= 0.3 is 5.97 Å². The summed E-state index contributed by atoms with van der Waals surface area (Å²) in [5.74, 6) is -0.576. The predicted molar refractivity (Wildman–Crippen MR) is 68.1 cm³/mol. The molecule has 0 aromatic rings. The van der Waals surface area contributed by atoms with Crippen molar-refractivity contribution in [2.75, 3.05) is 6.54 Å². The van der Waals surface area contributed by atoms with Crippen LogP contribution >= 0.6 is 0 Å². The van der Waals surface area contributed by atoms with E-state index in [1.54, 1.807) is 0 Å². The van der Waals surface area contributed by atoms with Crippen molar-refractivity contribution in [3.63, 3.8) is 0 Å². The van der Waals surface area contributed by atoms with Crippen molar-refractivity contribution in [1.82, 2.24) is 4.90 Å². The topological polar surface area (TPSA) is 40.5 Å². The summed E-state index contributed by atoms with van der Waals surface area (Å²) >= 11 is 0. The molecule has 0 amide bonds. The lowest BCUT2D eigenvalue weighted by Gasteiger charge is -2.42. The van der Waals surface area contributed by atoms with E-state index in [1.165, 1.54) is 19.3 Å². The number of nitrogens with zero attached hydrogens (tertiary/aromatic N) is 1. The molecule has 17 heavy (non-hydrogen) atoms. The third kappa shape index (κ3) is 2.49. The van der Waals surface area contributed by atoms with Gasteiger partial charge in [-0.15, -0.1) is 0 Å². The highest BCUT2D eigenvalue weighted by molar-refractivity contribution is 5.79. The van der Waals surface area contributed by atoms with Crippen molar-refractivity contribution in [2.45, 2.75) is 76.3 Å². The molecule has 1 saturated carbocycles. The molecule has 0 bridgehead atoms. The highest BCUT2D eigenvalue weighted by Gasteiger charge is 2.46. The van der Waals surface area contributed by atoms with Crippen molar-refractivity contribution in [3.8, 4) is 0 Å². The Morgan fingerprint density at radius 2 is 1.71 bits per heavy atom. The molecule has 0 aromatic carbocycles. The summed E-state index contributed by atoms with van der Waals surface area (Å²) in [5.41, 5.74) is -0.545. The normalized spacial score (nSPS) is 30.8. The minimum absolute atomic E-state index is 0.450. The van der Waals surface area contributed by atoms with Crippen molar-refractivity contribution in [2.24, 2.45) is 0 Å². The SMILES string of the molecule is CC1CCCN1C1(C(=O)O)CCCCCCC1. The van der Waals surface area contributed by atoms with Crippen LogP contribution in [0.3, 0.4) is 0 Å². The van der Waals surface area contributed by atoms with Crippen LogP contribution in [0.4, 0.5) is 0 Å². The molecule has 1 aliphatic heterocycles. The first kappa shape index (κ1) is 12.9. The molecule has 3 heteroatoms. The molecule has 1 N–H and O–H groups in total. The Bertz CT molecular complexity index is 269. The Hall–Kier alpha value is -0.570. The molecule has 1 atom stereocenters. The van der Waals surface area contributed by atoms with Gasteiger partial charge in [0.2, 0.25) is 0 Å². The molecule has 0 aromatic heterocycles. The third-order valence-corrected chi connectivity index (χ3v) is 4.68. The zero-order valence-corrected chi connectivity index (χ0v) is 11.0. The van der Waals surface area contributed by atoms with Crippen LogP contribution in [-0.4, -0.2) is 34.1 Å². The smallest absolute Gasteiger partial charge is 0.324 e. The number of carbonyl (C=O) groups is 1. The molecule has 0 spiro atoms. The van der Waals surface area contributed by atoms with Gasteiger partial charge in [-0.2, -0.15) is 0 Å². The largest absolute Gasteiger partial charge is 0.480 e. The van der Waals surface area contributed by atoms with Gasteiger partial charge in [0.15, 0.2) is 0 Å². The Labute approximate surface area is 104 Å². The zero-order chi connectivity index (χ0) is 12.3. The van der Waals surface area contributed by atoms with E-state index < -0.39 is 11.5 Å². The van der Waals surface area contributed by atoms with E-state index in [0.29, 0.717) is 6.04 Å². The molecular weight excluding hydrogens is 214 g/mol. The second kappa shape index (κ2) is 5.38. The highest BCUT2D eigenvalue weighted by atomic mass is 16.4. The number of aliphatic carboxylic acids is 1. The standard InChI is InChI=1S/C14H25NO2/c1-12-8-7-11-15(12)14(13(16)17)9-5-3-2-4-6-10-14/h12H,2-11H2,1H3,(H,16,17). The quantitative estimate of drug-likeness (QED) is 0.805. The van der Waals surface area contributed by atoms with Crippen molar-refractivity contribution < 1.29 is 9.90 Å². The van der Waals surface area contributed by atoms with E-state index in [2.05, 4.69) is 11.8 Å².